The summed E-state index contributed by atoms with van der Waals surface area (Å²) in [5.41, 5.74) is 1.34. The second kappa shape index (κ2) is 6.72. The van der Waals surface area contributed by atoms with Crippen LogP contribution in [0.2, 0.25) is 5.02 Å². The van der Waals surface area contributed by atoms with Crippen molar-refractivity contribution in [2.45, 2.75) is 13.0 Å². The lowest BCUT2D eigenvalue weighted by Gasteiger charge is -2.24. The van der Waals surface area contributed by atoms with Crippen LogP contribution in [0.4, 0.5) is 10.5 Å². The first-order valence-corrected chi connectivity index (χ1v) is 7.55. The Morgan fingerprint density at radius 2 is 1.67 bits per heavy atom. The van der Waals surface area contributed by atoms with Crippen LogP contribution >= 0.6 is 11.6 Å². The van der Waals surface area contributed by atoms with Gasteiger partial charge in [-0.25, -0.2) is 9.69 Å². The van der Waals surface area contributed by atoms with E-state index in [1.165, 1.54) is 0 Å². The van der Waals surface area contributed by atoms with Gasteiger partial charge in [-0.3, -0.25) is 14.9 Å². The molecule has 0 aromatic heterocycles. The van der Waals surface area contributed by atoms with Crippen molar-refractivity contribution in [1.29, 1.82) is 0 Å². The first-order chi connectivity index (χ1) is 11.5. The van der Waals surface area contributed by atoms with Crippen molar-refractivity contribution >= 4 is 35.1 Å². The predicted molar refractivity (Wildman–Crippen MR) is 87.9 cm³/mol. The second-order valence-corrected chi connectivity index (χ2v) is 5.60. The fraction of sp³-hybridized carbons (Fsp3) is 0.118. The van der Waals surface area contributed by atoms with Gasteiger partial charge in [0.2, 0.25) is 11.8 Å². The molecule has 1 fully saturated rings. The molecule has 122 valence electrons. The molecule has 24 heavy (non-hydrogen) atoms. The molecule has 1 aliphatic rings. The van der Waals surface area contributed by atoms with Crippen LogP contribution in [0, 0.1) is 0 Å². The first-order valence-electron chi connectivity index (χ1n) is 7.17. The number of benzene rings is 2. The number of imide groups is 2. The van der Waals surface area contributed by atoms with Crippen molar-refractivity contribution in [3.05, 3.63) is 59.1 Å². The highest BCUT2D eigenvalue weighted by molar-refractivity contribution is 6.30. The molecule has 1 saturated heterocycles. The zero-order valence-electron chi connectivity index (χ0n) is 12.5. The van der Waals surface area contributed by atoms with Crippen LogP contribution in [-0.4, -0.2) is 17.8 Å². The summed E-state index contributed by atoms with van der Waals surface area (Å²) in [6.07, 6.45) is -0.347. The topological polar surface area (TPSA) is 75.7 Å². The number of halogens is 1. The number of anilines is 1. The molecule has 0 spiro atoms. The standard InChI is InChI=1S/C17H13ClN2O4/c18-12-3-1-11(2-4-12)10-24-14-7-5-13(6-8-14)20-16(22)9-15(21)19-17(20)23/h1-8H,9-10H2,(H,19,21,23). The van der Waals surface area contributed by atoms with Gasteiger partial charge in [-0.1, -0.05) is 23.7 Å². The van der Waals surface area contributed by atoms with E-state index in [0.29, 0.717) is 23.1 Å². The fourth-order valence-electron chi connectivity index (χ4n) is 2.25. The van der Waals surface area contributed by atoms with E-state index >= 15 is 0 Å². The number of nitrogens with zero attached hydrogens (tertiary/aromatic N) is 1. The lowest BCUT2D eigenvalue weighted by molar-refractivity contribution is -0.128. The lowest BCUT2D eigenvalue weighted by Crippen LogP contribution is -2.52. The van der Waals surface area contributed by atoms with Crippen molar-refractivity contribution in [1.82, 2.24) is 5.32 Å². The first kappa shape index (κ1) is 16.0. The van der Waals surface area contributed by atoms with Gasteiger partial charge in [0.05, 0.1) is 5.69 Å². The van der Waals surface area contributed by atoms with Crippen LogP contribution in [0.25, 0.3) is 0 Å². The minimum absolute atomic E-state index is 0.347. The number of urea groups is 1. The number of carbonyl (C=O) groups is 3. The summed E-state index contributed by atoms with van der Waals surface area (Å²) in [5.74, 6) is -0.558. The fourth-order valence-corrected chi connectivity index (χ4v) is 2.37. The monoisotopic (exact) mass is 344 g/mol. The normalized spacial score (nSPS) is 14.5. The molecule has 0 radical (unpaired) electrons. The Morgan fingerprint density at radius 3 is 2.29 bits per heavy atom. The SMILES string of the molecule is O=C1CC(=O)N(c2ccc(OCc3ccc(Cl)cc3)cc2)C(=O)N1. The van der Waals surface area contributed by atoms with E-state index in [9.17, 15) is 14.4 Å². The van der Waals surface area contributed by atoms with Gasteiger partial charge in [0, 0.05) is 5.02 Å². The maximum absolute atomic E-state index is 11.8. The smallest absolute Gasteiger partial charge is 0.335 e. The third-order valence-corrected chi connectivity index (χ3v) is 3.68. The Hall–Kier alpha value is -2.86. The van der Waals surface area contributed by atoms with Crippen molar-refractivity contribution in [3.8, 4) is 5.75 Å². The van der Waals surface area contributed by atoms with Gasteiger partial charge in [0.1, 0.15) is 18.8 Å². The highest BCUT2D eigenvalue weighted by Crippen LogP contribution is 2.22. The maximum atomic E-state index is 11.8. The number of nitrogens with one attached hydrogen (secondary N) is 1. The molecule has 0 atom stereocenters. The molecule has 3 rings (SSSR count). The molecule has 0 bridgehead atoms. The molecular formula is C17H13ClN2O4. The summed E-state index contributed by atoms with van der Waals surface area (Å²) in [4.78, 5) is 35.7. The second-order valence-electron chi connectivity index (χ2n) is 5.17. The summed E-state index contributed by atoms with van der Waals surface area (Å²) < 4.78 is 5.64. The summed E-state index contributed by atoms with van der Waals surface area (Å²) in [6, 6.07) is 13.0. The van der Waals surface area contributed by atoms with Gasteiger partial charge in [-0.05, 0) is 42.0 Å². The maximum Gasteiger partial charge on any atom is 0.335 e. The van der Waals surface area contributed by atoms with Gasteiger partial charge in [0.25, 0.3) is 0 Å². The van der Waals surface area contributed by atoms with E-state index in [0.717, 1.165) is 10.5 Å². The number of ether oxygens (including phenoxy) is 1. The third-order valence-electron chi connectivity index (χ3n) is 3.42. The molecule has 7 heteroatoms. The summed E-state index contributed by atoms with van der Waals surface area (Å²) in [6.45, 7) is 0.369. The molecule has 0 unspecified atom stereocenters. The zero-order chi connectivity index (χ0) is 17.1. The summed E-state index contributed by atoms with van der Waals surface area (Å²) >= 11 is 5.83. The van der Waals surface area contributed by atoms with Gasteiger partial charge in [-0.15, -0.1) is 0 Å². The number of rotatable bonds is 4. The van der Waals surface area contributed by atoms with Crippen LogP contribution in [0.1, 0.15) is 12.0 Å². The number of barbiturate groups is 1. The molecular weight excluding hydrogens is 332 g/mol. The Labute approximate surface area is 143 Å². The zero-order valence-corrected chi connectivity index (χ0v) is 13.2. The Kier molecular flexibility index (Phi) is 4.48. The molecule has 1 N–H and O–H groups in total. The molecule has 0 saturated carbocycles. The molecule has 6 nitrogen and oxygen atoms in total. The molecule has 2 aromatic rings. The van der Waals surface area contributed by atoms with E-state index in [2.05, 4.69) is 5.32 Å². The van der Waals surface area contributed by atoms with E-state index in [-0.39, 0.29) is 6.42 Å². The van der Waals surface area contributed by atoms with Crippen LogP contribution in [0.15, 0.2) is 48.5 Å². The van der Waals surface area contributed by atoms with Crippen LogP contribution < -0.4 is 15.0 Å². The quantitative estimate of drug-likeness (QED) is 0.865. The number of hydrogen-bond donors (Lipinski definition) is 1. The average Bonchev–Trinajstić information content (AvgIpc) is 2.54. The van der Waals surface area contributed by atoms with Crippen LogP contribution in [0.3, 0.4) is 0 Å². The minimum atomic E-state index is -0.744. The highest BCUT2D eigenvalue weighted by Gasteiger charge is 2.31. The average molecular weight is 345 g/mol. The Morgan fingerprint density at radius 1 is 1.00 bits per heavy atom. The lowest BCUT2D eigenvalue weighted by atomic mass is 10.2. The summed E-state index contributed by atoms with van der Waals surface area (Å²) in [5, 5.41) is 2.77. The predicted octanol–water partition coefficient (Wildman–Crippen LogP) is 2.89. The van der Waals surface area contributed by atoms with Gasteiger partial charge < -0.3 is 4.74 Å². The molecule has 4 amide bonds. The largest absolute Gasteiger partial charge is 0.489 e. The summed E-state index contributed by atoms with van der Waals surface area (Å²) in [7, 11) is 0. The highest BCUT2D eigenvalue weighted by atomic mass is 35.5. The number of hydrogen-bond acceptors (Lipinski definition) is 4. The number of amides is 4. The Balaban J connectivity index is 1.67. The van der Waals surface area contributed by atoms with Gasteiger partial charge >= 0.3 is 6.03 Å². The van der Waals surface area contributed by atoms with Crippen LogP contribution in [-0.2, 0) is 16.2 Å². The molecule has 0 aliphatic carbocycles. The van der Waals surface area contributed by atoms with E-state index in [4.69, 9.17) is 16.3 Å². The van der Waals surface area contributed by atoms with E-state index in [1.807, 2.05) is 12.1 Å². The minimum Gasteiger partial charge on any atom is -0.489 e. The van der Waals surface area contributed by atoms with Gasteiger partial charge in [-0.2, -0.15) is 0 Å². The van der Waals surface area contributed by atoms with Crippen molar-refractivity contribution in [3.63, 3.8) is 0 Å². The number of carbonyl (C=O) groups excluding carboxylic acids is 3. The molecule has 1 aliphatic heterocycles. The molecule has 1 heterocycles. The Bertz CT molecular complexity index is 767. The third kappa shape index (κ3) is 3.55. The van der Waals surface area contributed by atoms with E-state index in [1.54, 1.807) is 36.4 Å². The van der Waals surface area contributed by atoms with Crippen molar-refractivity contribution in [2.24, 2.45) is 0 Å². The van der Waals surface area contributed by atoms with E-state index < -0.39 is 17.8 Å². The van der Waals surface area contributed by atoms with Crippen molar-refractivity contribution < 1.29 is 19.1 Å². The van der Waals surface area contributed by atoms with Crippen molar-refractivity contribution in [2.75, 3.05) is 4.90 Å². The van der Waals surface area contributed by atoms with Gasteiger partial charge in [0.15, 0.2) is 0 Å². The molecule has 2 aromatic carbocycles. The van der Waals surface area contributed by atoms with Crippen LogP contribution in [0.5, 0.6) is 5.75 Å².